The first-order valence-electron chi connectivity index (χ1n) is 8.14. The zero-order valence-electron chi connectivity index (χ0n) is 14.7. The van der Waals surface area contributed by atoms with Gasteiger partial charge < -0.3 is 24.4 Å². The quantitative estimate of drug-likeness (QED) is 0.858. The van der Waals surface area contributed by atoms with Gasteiger partial charge in [-0.15, -0.1) is 0 Å². The fourth-order valence-corrected chi connectivity index (χ4v) is 2.60. The van der Waals surface area contributed by atoms with Crippen LogP contribution in [0.2, 0.25) is 0 Å². The first-order chi connectivity index (χ1) is 12.6. The molecule has 0 aliphatic carbocycles. The molecule has 1 aliphatic heterocycles. The Morgan fingerprint density at radius 2 is 1.85 bits per heavy atom. The van der Waals surface area contributed by atoms with Gasteiger partial charge in [-0.25, -0.2) is 0 Å². The lowest BCUT2D eigenvalue weighted by atomic mass is 10.2. The third-order valence-electron chi connectivity index (χ3n) is 3.99. The van der Waals surface area contributed by atoms with E-state index in [1.807, 2.05) is 18.2 Å². The number of carbonyl (C=O) groups excluding carboxylic acids is 2. The fourth-order valence-electron chi connectivity index (χ4n) is 2.60. The van der Waals surface area contributed by atoms with E-state index in [0.29, 0.717) is 29.5 Å². The summed E-state index contributed by atoms with van der Waals surface area (Å²) in [6, 6.07) is 12.5. The normalized spacial score (nSPS) is 11.8. The molecule has 0 saturated carbocycles. The van der Waals surface area contributed by atoms with E-state index in [9.17, 15) is 9.59 Å². The summed E-state index contributed by atoms with van der Waals surface area (Å²) < 4.78 is 15.7. The van der Waals surface area contributed by atoms with Gasteiger partial charge in [-0.1, -0.05) is 6.07 Å². The van der Waals surface area contributed by atoms with Crippen LogP contribution in [-0.4, -0.2) is 32.3 Å². The Balaban J connectivity index is 1.60. The average molecular weight is 356 g/mol. The van der Waals surface area contributed by atoms with E-state index in [-0.39, 0.29) is 25.2 Å². The molecule has 7 nitrogen and oxygen atoms in total. The van der Waals surface area contributed by atoms with Crippen molar-refractivity contribution in [3.8, 4) is 17.2 Å². The molecule has 0 spiro atoms. The summed E-state index contributed by atoms with van der Waals surface area (Å²) in [4.78, 5) is 25.6. The minimum Gasteiger partial charge on any atom is -0.497 e. The highest BCUT2D eigenvalue weighted by Gasteiger charge is 2.17. The smallest absolute Gasteiger partial charge is 0.240 e. The van der Waals surface area contributed by atoms with Crippen LogP contribution in [0.25, 0.3) is 0 Å². The van der Waals surface area contributed by atoms with Gasteiger partial charge in [0, 0.05) is 19.2 Å². The highest BCUT2D eigenvalue weighted by molar-refractivity contribution is 5.97. The number of hydrogen-bond donors (Lipinski definition) is 1. The van der Waals surface area contributed by atoms with Crippen molar-refractivity contribution in [1.29, 1.82) is 0 Å². The lowest BCUT2D eigenvalue weighted by Crippen LogP contribution is -2.39. The van der Waals surface area contributed by atoms with Crippen LogP contribution in [0.4, 0.5) is 5.69 Å². The van der Waals surface area contributed by atoms with Crippen molar-refractivity contribution in [2.75, 3.05) is 25.3 Å². The van der Waals surface area contributed by atoms with E-state index in [1.165, 1.54) is 11.8 Å². The van der Waals surface area contributed by atoms with Gasteiger partial charge in [-0.2, -0.15) is 0 Å². The standard InChI is InChI=1S/C19H20N2O5/c1-13(22)21(15-4-6-16(24-2)7-5-15)11-19(23)20-10-14-3-8-17-18(9-14)26-12-25-17/h3-9H,10-12H2,1-2H3,(H,20,23). The molecule has 3 rings (SSSR count). The van der Waals surface area contributed by atoms with Gasteiger partial charge in [0.05, 0.1) is 7.11 Å². The zero-order chi connectivity index (χ0) is 18.5. The highest BCUT2D eigenvalue weighted by Crippen LogP contribution is 2.32. The Bertz CT molecular complexity index is 804. The molecular weight excluding hydrogens is 336 g/mol. The van der Waals surface area contributed by atoms with E-state index in [4.69, 9.17) is 14.2 Å². The summed E-state index contributed by atoms with van der Waals surface area (Å²) in [5, 5.41) is 2.81. The minimum atomic E-state index is -0.256. The fraction of sp³-hybridized carbons (Fsp3) is 0.263. The number of methoxy groups -OCH3 is 1. The van der Waals surface area contributed by atoms with Gasteiger partial charge in [0.25, 0.3) is 0 Å². The van der Waals surface area contributed by atoms with Crippen LogP contribution in [0.15, 0.2) is 42.5 Å². The second-order valence-electron chi connectivity index (χ2n) is 5.77. The van der Waals surface area contributed by atoms with Gasteiger partial charge in [0.15, 0.2) is 11.5 Å². The van der Waals surface area contributed by atoms with Crippen LogP contribution in [0, 0.1) is 0 Å². The number of benzene rings is 2. The third kappa shape index (κ3) is 4.05. The number of hydrogen-bond acceptors (Lipinski definition) is 5. The van der Waals surface area contributed by atoms with Crippen molar-refractivity contribution in [1.82, 2.24) is 5.32 Å². The number of nitrogens with one attached hydrogen (secondary N) is 1. The molecule has 136 valence electrons. The van der Waals surface area contributed by atoms with Gasteiger partial charge in [0.2, 0.25) is 18.6 Å². The molecule has 0 bridgehead atoms. The summed E-state index contributed by atoms with van der Waals surface area (Å²) in [5.74, 6) is 1.58. The first-order valence-corrected chi connectivity index (χ1v) is 8.14. The molecule has 0 fully saturated rings. The van der Waals surface area contributed by atoms with E-state index in [2.05, 4.69) is 5.32 Å². The third-order valence-corrected chi connectivity index (χ3v) is 3.99. The Morgan fingerprint density at radius 1 is 1.12 bits per heavy atom. The van der Waals surface area contributed by atoms with Crippen LogP contribution in [0.1, 0.15) is 12.5 Å². The van der Waals surface area contributed by atoms with E-state index >= 15 is 0 Å². The Labute approximate surface area is 151 Å². The predicted molar refractivity (Wildman–Crippen MR) is 95.4 cm³/mol. The first kappa shape index (κ1) is 17.6. The summed E-state index contributed by atoms with van der Waals surface area (Å²) in [6.07, 6.45) is 0. The van der Waals surface area contributed by atoms with E-state index in [0.717, 1.165) is 5.56 Å². The summed E-state index contributed by atoms with van der Waals surface area (Å²) in [7, 11) is 1.57. The van der Waals surface area contributed by atoms with Gasteiger partial charge in [-0.05, 0) is 42.0 Å². The second-order valence-corrected chi connectivity index (χ2v) is 5.77. The van der Waals surface area contributed by atoms with Crippen molar-refractivity contribution in [3.05, 3.63) is 48.0 Å². The molecule has 0 unspecified atom stereocenters. The van der Waals surface area contributed by atoms with Crippen molar-refractivity contribution in [2.45, 2.75) is 13.5 Å². The zero-order valence-corrected chi connectivity index (χ0v) is 14.7. The van der Waals surface area contributed by atoms with Crippen molar-refractivity contribution in [2.24, 2.45) is 0 Å². The van der Waals surface area contributed by atoms with Gasteiger partial charge >= 0.3 is 0 Å². The SMILES string of the molecule is COc1ccc(N(CC(=O)NCc2ccc3c(c2)OCO3)C(C)=O)cc1. The van der Waals surface area contributed by atoms with Crippen LogP contribution in [0.3, 0.4) is 0 Å². The molecule has 0 saturated heterocycles. The molecule has 0 atom stereocenters. The number of ether oxygens (including phenoxy) is 3. The maximum absolute atomic E-state index is 12.3. The van der Waals surface area contributed by atoms with Gasteiger partial charge in [0.1, 0.15) is 12.3 Å². The maximum Gasteiger partial charge on any atom is 0.240 e. The van der Waals surface area contributed by atoms with E-state index < -0.39 is 0 Å². The second kappa shape index (κ2) is 7.77. The molecule has 0 aromatic heterocycles. The molecule has 2 aromatic rings. The molecule has 2 aromatic carbocycles. The Kier molecular flexibility index (Phi) is 5.26. The molecule has 7 heteroatoms. The number of nitrogens with zero attached hydrogens (tertiary/aromatic N) is 1. The average Bonchev–Trinajstić information content (AvgIpc) is 3.12. The number of rotatable bonds is 6. The minimum absolute atomic E-state index is 0.0633. The number of amides is 2. The Hall–Kier alpha value is -3.22. The molecule has 2 amide bonds. The van der Waals surface area contributed by atoms with Crippen molar-refractivity contribution in [3.63, 3.8) is 0 Å². The van der Waals surface area contributed by atoms with Crippen LogP contribution in [-0.2, 0) is 16.1 Å². The molecule has 1 heterocycles. The molecule has 1 aliphatic rings. The molecular formula is C19H20N2O5. The lowest BCUT2D eigenvalue weighted by molar-refractivity contribution is -0.123. The van der Waals surface area contributed by atoms with Crippen LogP contribution >= 0.6 is 0 Å². The number of anilines is 1. The predicted octanol–water partition coefficient (Wildman–Crippen LogP) is 2.09. The van der Waals surface area contributed by atoms with Crippen molar-refractivity contribution >= 4 is 17.5 Å². The monoisotopic (exact) mass is 356 g/mol. The van der Waals surface area contributed by atoms with Crippen LogP contribution in [0.5, 0.6) is 17.2 Å². The largest absolute Gasteiger partial charge is 0.497 e. The molecule has 26 heavy (non-hydrogen) atoms. The molecule has 0 radical (unpaired) electrons. The maximum atomic E-state index is 12.3. The van der Waals surface area contributed by atoms with E-state index in [1.54, 1.807) is 31.4 Å². The highest BCUT2D eigenvalue weighted by atomic mass is 16.7. The number of fused-ring (bicyclic) bond motifs is 1. The van der Waals surface area contributed by atoms with Crippen LogP contribution < -0.4 is 24.4 Å². The summed E-state index contributed by atoms with van der Waals surface area (Å²) in [6.45, 7) is 1.91. The lowest BCUT2D eigenvalue weighted by Gasteiger charge is -2.21. The summed E-state index contributed by atoms with van der Waals surface area (Å²) >= 11 is 0. The molecule has 1 N–H and O–H groups in total. The van der Waals surface area contributed by atoms with Crippen molar-refractivity contribution < 1.29 is 23.8 Å². The topological polar surface area (TPSA) is 77.1 Å². The van der Waals surface area contributed by atoms with Gasteiger partial charge in [-0.3, -0.25) is 9.59 Å². The summed E-state index contributed by atoms with van der Waals surface area (Å²) in [5.41, 5.74) is 1.53. The Morgan fingerprint density at radius 3 is 2.54 bits per heavy atom. The number of carbonyl (C=O) groups is 2.